The van der Waals surface area contributed by atoms with Crippen molar-refractivity contribution >= 4 is 12.3 Å². The lowest BCUT2D eigenvalue weighted by Gasteiger charge is -2.11. The van der Waals surface area contributed by atoms with Crippen LogP contribution in [0.15, 0.2) is 53.3 Å². The SMILES string of the molecule is CCCCn1c(C=O)c(CCC)n(Cc2ccc(-c3ccccc3)c(C(=O)O)c2)c1=O. The van der Waals surface area contributed by atoms with E-state index in [1.54, 1.807) is 21.3 Å². The molecule has 0 atom stereocenters. The van der Waals surface area contributed by atoms with Gasteiger partial charge in [-0.15, -0.1) is 0 Å². The van der Waals surface area contributed by atoms with Crippen LogP contribution in [0, 0.1) is 0 Å². The number of carboxylic acids is 1. The molecular formula is C25H28N2O4. The number of benzene rings is 2. The predicted molar refractivity (Wildman–Crippen MR) is 121 cm³/mol. The Hall–Kier alpha value is -3.41. The van der Waals surface area contributed by atoms with Crippen LogP contribution in [0.5, 0.6) is 0 Å². The molecule has 1 N–H and O–H groups in total. The second-order valence-corrected chi connectivity index (χ2v) is 7.62. The quantitative estimate of drug-likeness (QED) is 0.485. The van der Waals surface area contributed by atoms with Gasteiger partial charge >= 0.3 is 11.7 Å². The Labute approximate surface area is 181 Å². The van der Waals surface area contributed by atoms with E-state index < -0.39 is 5.97 Å². The second-order valence-electron chi connectivity index (χ2n) is 7.62. The standard InChI is InChI=1S/C25H28N2O4/c1-3-5-14-26-23(17-28)22(9-4-2)27(25(26)31)16-18-12-13-20(21(15-18)24(29)30)19-10-7-6-8-11-19/h6-8,10-13,15,17H,3-5,9,14,16H2,1-2H3,(H,29,30). The number of aromatic nitrogens is 2. The highest BCUT2D eigenvalue weighted by molar-refractivity contribution is 5.96. The van der Waals surface area contributed by atoms with Crippen molar-refractivity contribution in [3.8, 4) is 11.1 Å². The molecule has 3 rings (SSSR count). The monoisotopic (exact) mass is 420 g/mol. The highest BCUT2D eigenvalue weighted by Gasteiger charge is 2.20. The number of hydrogen-bond donors (Lipinski definition) is 1. The van der Waals surface area contributed by atoms with E-state index in [2.05, 4.69) is 0 Å². The summed E-state index contributed by atoms with van der Waals surface area (Å²) in [6.07, 6.45) is 3.90. The van der Waals surface area contributed by atoms with E-state index in [1.807, 2.05) is 50.2 Å². The van der Waals surface area contributed by atoms with Gasteiger partial charge < -0.3 is 5.11 Å². The lowest BCUT2D eigenvalue weighted by atomic mass is 9.97. The normalized spacial score (nSPS) is 10.9. The molecule has 0 amide bonds. The van der Waals surface area contributed by atoms with E-state index in [0.29, 0.717) is 35.5 Å². The van der Waals surface area contributed by atoms with Crippen molar-refractivity contribution in [3.63, 3.8) is 0 Å². The Morgan fingerprint density at radius 1 is 1.03 bits per heavy atom. The average molecular weight is 421 g/mol. The van der Waals surface area contributed by atoms with Crippen molar-refractivity contribution in [2.75, 3.05) is 0 Å². The van der Waals surface area contributed by atoms with Crippen LogP contribution in [0.3, 0.4) is 0 Å². The number of aldehydes is 1. The molecule has 0 aliphatic heterocycles. The van der Waals surface area contributed by atoms with Crippen LogP contribution in [0.1, 0.15) is 65.2 Å². The molecule has 0 fully saturated rings. The van der Waals surface area contributed by atoms with E-state index in [1.165, 1.54) is 0 Å². The number of nitrogens with zero attached hydrogens (tertiary/aromatic N) is 2. The van der Waals surface area contributed by atoms with Crippen LogP contribution in [0.4, 0.5) is 0 Å². The van der Waals surface area contributed by atoms with Gasteiger partial charge in [0.1, 0.15) is 5.69 Å². The zero-order chi connectivity index (χ0) is 22.4. The van der Waals surface area contributed by atoms with Gasteiger partial charge in [-0.1, -0.05) is 69.2 Å². The van der Waals surface area contributed by atoms with Crippen molar-refractivity contribution in [2.24, 2.45) is 0 Å². The molecule has 3 aromatic rings. The molecule has 0 unspecified atom stereocenters. The molecule has 1 aromatic heterocycles. The fourth-order valence-corrected chi connectivity index (χ4v) is 3.90. The average Bonchev–Trinajstić information content (AvgIpc) is 3.03. The molecule has 0 radical (unpaired) electrons. The van der Waals surface area contributed by atoms with E-state index in [0.717, 1.165) is 31.1 Å². The maximum absolute atomic E-state index is 13.1. The molecule has 31 heavy (non-hydrogen) atoms. The van der Waals surface area contributed by atoms with E-state index in [9.17, 15) is 19.5 Å². The van der Waals surface area contributed by atoms with Crippen molar-refractivity contribution in [3.05, 3.63) is 81.5 Å². The summed E-state index contributed by atoms with van der Waals surface area (Å²) in [4.78, 5) is 36.9. The molecule has 162 valence electrons. The lowest BCUT2D eigenvalue weighted by molar-refractivity contribution is 0.0697. The number of hydrogen-bond acceptors (Lipinski definition) is 3. The molecule has 0 aliphatic rings. The zero-order valence-corrected chi connectivity index (χ0v) is 18.0. The molecule has 0 saturated heterocycles. The van der Waals surface area contributed by atoms with E-state index in [-0.39, 0.29) is 17.8 Å². The van der Waals surface area contributed by atoms with Crippen LogP contribution in [0.25, 0.3) is 11.1 Å². The molecule has 1 heterocycles. The molecule has 0 saturated carbocycles. The number of unbranched alkanes of at least 4 members (excludes halogenated alkanes) is 1. The van der Waals surface area contributed by atoms with E-state index >= 15 is 0 Å². The molecule has 2 aromatic carbocycles. The van der Waals surface area contributed by atoms with E-state index in [4.69, 9.17) is 0 Å². The first-order valence-electron chi connectivity index (χ1n) is 10.7. The third kappa shape index (κ3) is 4.68. The summed E-state index contributed by atoms with van der Waals surface area (Å²) >= 11 is 0. The minimum Gasteiger partial charge on any atom is -0.478 e. The number of rotatable bonds is 10. The minimum absolute atomic E-state index is 0.190. The zero-order valence-electron chi connectivity index (χ0n) is 18.0. The van der Waals surface area contributed by atoms with Gasteiger partial charge in [-0.25, -0.2) is 9.59 Å². The fourth-order valence-electron chi connectivity index (χ4n) is 3.90. The third-order valence-corrected chi connectivity index (χ3v) is 5.45. The highest BCUT2D eigenvalue weighted by atomic mass is 16.4. The summed E-state index contributed by atoms with van der Waals surface area (Å²) in [5, 5.41) is 9.78. The summed E-state index contributed by atoms with van der Waals surface area (Å²) < 4.78 is 3.17. The van der Waals surface area contributed by atoms with Gasteiger partial charge in [-0.2, -0.15) is 0 Å². The minimum atomic E-state index is -1.02. The summed E-state index contributed by atoms with van der Waals surface area (Å²) in [5.74, 6) is -1.02. The van der Waals surface area contributed by atoms with Crippen LogP contribution >= 0.6 is 0 Å². The number of carbonyl (C=O) groups is 2. The Bertz CT molecular complexity index is 1130. The molecule has 6 nitrogen and oxygen atoms in total. The first-order valence-corrected chi connectivity index (χ1v) is 10.7. The maximum atomic E-state index is 13.1. The Balaban J connectivity index is 2.07. The Morgan fingerprint density at radius 2 is 1.77 bits per heavy atom. The van der Waals surface area contributed by atoms with Crippen molar-refractivity contribution in [1.29, 1.82) is 0 Å². The summed E-state index contributed by atoms with van der Waals surface area (Å²) in [7, 11) is 0. The molecule has 0 aliphatic carbocycles. The van der Waals surface area contributed by atoms with Crippen molar-refractivity contribution in [1.82, 2.24) is 9.13 Å². The first kappa shape index (κ1) is 22.3. The van der Waals surface area contributed by atoms with Gasteiger partial charge in [0.05, 0.1) is 17.8 Å². The summed E-state index contributed by atoms with van der Waals surface area (Å²) in [6.45, 7) is 4.77. The first-order chi connectivity index (χ1) is 15.0. The molecule has 0 spiro atoms. The Morgan fingerprint density at radius 3 is 2.39 bits per heavy atom. The second kappa shape index (κ2) is 10.1. The van der Waals surface area contributed by atoms with Gasteiger partial charge in [-0.05, 0) is 35.6 Å². The number of aromatic carboxylic acids is 1. The van der Waals surface area contributed by atoms with Crippen LogP contribution < -0.4 is 5.69 Å². The number of carbonyl (C=O) groups excluding carboxylic acids is 1. The molecular weight excluding hydrogens is 392 g/mol. The van der Waals surface area contributed by atoms with Crippen molar-refractivity contribution < 1.29 is 14.7 Å². The smallest absolute Gasteiger partial charge is 0.336 e. The molecule has 0 bridgehead atoms. The van der Waals surface area contributed by atoms with Gasteiger partial charge in [-0.3, -0.25) is 13.9 Å². The van der Waals surface area contributed by atoms with Gasteiger partial charge in [0.25, 0.3) is 0 Å². The summed E-state index contributed by atoms with van der Waals surface area (Å²) in [5.41, 5.74) is 3.28. The summed E-state index contributed by atoms with van der Waals surface area (Å²) in [6, 6.07) is 14.6. The van der Waals surface area contributed by atoms with Crippen LogP contribution in [-0.4, -0.2) is 26.5 Å². The largest absolute Gasteiger partial charge is 0.478 e. The predicted octanol–water partition coefficient (Wildman–Crippen LogP) is 4.63. The van der Waals surface area contributed by atoms with Gasteiger partial charge in [0, 0.05) is 6.54 Å². The van der Waals surface area contributed by atoms with Crippen LogP contribution in [-0.2, 0) is 19.5 Å². The fraction of sp³-hybridized carbons (Fsp3) is 0.320. The number of carboxylic acid groups (broad SMARTS) is 1. The Kier molecular flexibility index (Phi) is 7.23. The van der Waals surface area contributed by atoms with Crippen LogP contribution in [0.2, 0.25) is 0 Å². The number of imidazole rings is 1. The lowest BCUT2D eigenvalue weighted by Crippen LogP contribution is -2.26. The van der Waals surface area contributed by atoms with Gasteiger partial charge in [0.15, 0.2) is 6.29 Å². The highest BCUT2D eigenvalue weighted by Crippen LogP contribution is 2.25. The maximum Gasteiger partial charge on any atom is 0.336 e. The topological polar surface area (TPSA) is 81.3 Å². The third-order valence-electron chi connectivity index (χ3n) is 5.45. The van der Waals surface area contributed by atoms with Crippen molar-refractivity contribution in [2.45, 2.75) is 52.6 Å². The van der Waals surface area contributed by atoms with Gasteiger partial charge in [0.2, 0.25) is 0 Å². The molecule has 6 heteroatoms.